The van der Waals surface area contributed by atoms with Crippen LogP contribution in [0.2, 0.25) is 0 Å². The van der Waals surface area contributed by atoms with Crippen LogP contribution in [0.5, 0.6) is 0 Å². The summed E-state index contributed by atoms with van der Waals surface area (Å²) in [7, 11) is 0. The summed E-state index contributed by atoms with van der Waals surface area (Å²) in [6.45, 7) is 2.15. The van der Waals surface area contributed by atoms with E-state index in [1.807, 2.05) is 18.2 Å². The lowest BCUT2D eigenvalue weighted by atomic mass is 10.1. The number of benzene rings is 1. The minimum atomic E-state index is 0.170. The van der Waals surface area contributed by atoms with Crippen molar-refractivity contribution in [1.82, 2.24) is 9.97 Å². The number of hydrogen-bond donors (Lipinski definition) is 0. The van der Waals surface area contributed by atoms with Crippen molar-refractivity contribution in [3.05, 3.63) is 36.3 Å². The van der Waals surface area contributed by atoms with Gasteiger partial charge in [0.15, 0.2) is 0 Å². The van der Waals surface area contributed by atoms with E-state index in [9.17, 15) is 0 Å². The van der Waals surface area contributed by atoms with Gasteiger partial charge in [0.2, 0.25) is 0 Å². The van der Waals surface area contributed by atoms with Gasteiger partial charge in [0, 0.05) is 17.2 Å². The Morgan fingerprint density at radius 1 is 1.25 bits per heavy atom. The van der Waals surface area contributed by atoms with Crippen LogP contribution >= 0.6 is 11.6 Å². The molecule has 0 aliphatic heterocycles. The van der Waals surface area contributed by atoms with E-state index in [2.05, 4.69) is 23.0 Å². The summed E-state index contributed by atoms with van der Waals surface area (Å²) in [5.41, 5.74) is 2.05. The third-order valence-electron chi connectivity index (χ3n) is 2.64. The number of halogens is 1. The second-order valence-electron chi connectivity index (χ2n) is 3.93. The van der Waals surface area contributed by atoms with Gasteiger partial charge in [-0.05, 0) is 12.5 Å². The van der Waals surface area contributed by atoms with Crippen molar-refractivity contribution in [1.29, 1.82) is 0 Å². The highest BCUT2D eigenvalue weighted by Gasteiger charge is 2.09. The predicted molar refractivity (Wildman–Crippen MR) is 67.8 cm³/mol. The molecular weight excluding hydrogens is 220 g/mol. The van der Waals surface area contributed by atoms with E-state index in [0.717, 1.165) is 35.9 Å². The lowest BCUT2D eigenvalue weighted by Crippen LogP contribution is -2.05. The molecule has 2 nitrogen and oxygen atoms in total. The number of hydrogen-bond acceptors (Lipinski definition) is 2. The Morgan fingerprint density at radius 3 is 2.88 bits per heavy atom. The highest BCUT2D eigenvalue weighted by molar-refractivity contribution is 6.20. The second kappa shape index (κ2) is 5.26. The largest absolute Gasteiger partial charge is 0.241 e. The van der Waals surface area contributed by atoms with Crippen molar-refractivity contribution in [2.75, 3.05) is 0 Å². The fourth-order valence-corrected chi connectivity index (χ4v) is 2.21. The predicted octanol–water partition coefficient (Wildman–Crippen LogP) is 3.58. The molecule has 0 saturated heterocycles. The van der Waals surface area contributed by atoms with Crippen LogP contribution in [0.25, 0.3) is 10.9 Å². The first-order valence-electron chi connectivity index (χ1n) is 5.64. The normalized spacial score (nSPS) is 12.9. The Morgan fingerprint density at radius 2 is 2.06 bits per heavy atom. The quantitative estimate of drug-likeness (QED) is 0.756. The molecule has 0 bridgehead atoms. The Balaban J connectivity index is 2.30. The number of aromatic nitrogens is 2. The summed E-state index contributed by atoms with van der Waals surface area (Å²) >= 11 is 6.26. The van der Waals surface area contributed by atoms with Crippen molar-refractivity contribution in [3.63, 3.8) is 0 Å². The van der Waals surface area contributed by atoms with E-state index in [1.54, 1.807) is 6.33 Å². The van der Waals surface area contributed by atoms with Crippen LogP contribution in [-0.2, 0) is 6.42 Å². The van der Waals surface area contributed by atoms with E-state index in [4.69, 9.17) is 11.6 Å². The van der Waals surface area contributed by atoms with Crippen LogP contribution < -0.4 is 0 Å². The van der Waals surface area contributed by atoms with E-state index >= 15 is 0 Å². The molecule has 0 aliphatic rings. The molecule has 0 aliphatic carbocycles. The van der Waals surface area contributed by atoms with Crippen LogP contribution in [0.4, 0.5) is 0 Å². The van der Waals surface area contributed by atoms with Gasteiger partial charge in [-0.15, -0.1) is 11.6 Å². The van der Waals surface area contributed by atoms with Crippen LogP contribution in [0.3, 0.4) is 0 Å². The summed E-state index contributed by atoms with van der Waals surface area (Å²) in [6, 6.07) is 8.06. The standard InChI is InChI=1S/C13H15ClN2/c1-2-5-10(14)8-13-11-6-3-4-7-12(11)15-9-16-13/h3-4,6-7,9-10H,2,5,8H2,1H3. The molecule has 16 heavy (non-hydrogen) atoms. The molecule has 2 aromatic rings. The van der Waals surface area contributed by atoms with Crippen LogP contribution in [0.1, 0.15) is 25.5 Å². The molecule has 0 spiro atoms. The van der Waals surface area contributed by atoms with Crippen LogP contribution in [0.15, 0.2) is 30.6 Å². The zero-order chi connectivity index (χ0) is 11.4. The van der Waals surface area contributed by atoms with Gasteiger partial charge in [-0.1, -0.05) is 31.5 Å². The van der Waals surface area contributed by atoms with Crippen molar-refractivity contribution in [3.8, 4) is 0 Å². The topological polar surface area (TPSA) is 25.8 Å². The molecule has 1 heterocycles. The van der Waals surface area contributed by atoms with E-state index in [1.165, 1.54) is 0 Å². The summed E-state index contributed by atoms with van der Waals surface area (Å²) in [5, 5.41) is 1.29. The fourth-order valence-electron chi connectivity index (χ4n) is 1.85. The maximum atomic E-state index is 6.26. The molecule has 1 atom stereocenters. The van der Waals surface area contributed by atoms with Crippen molar-refractivity contribution >= 4 is 22.5 Å². The number of alkyl halides is 1. The summed E-state index contributed by atoms with van der Waals surface area (Å²) in [6.07, 6.45) is 4.57. The third kappa shape index (κ3) is 2.50. The molecule has 1 aromatic carbocycles. The first-order chi connectivity index (χ1) is 7.81. The van der Waals surface area contributed by atoms with E-state index in [-0.39, 0.29) is 5.38 Å². The Bertz CT molecular complexity index is 465. The SMILES string of the molecule is CCCC(Cl)Cc1ncnc2ccccc12. The van der Waals surface area contributed by atoms with Gasteiger partial charge in [0.1, 0.15) is 6.33 Å². The molecule has 0 saturated carbocycles. The first-order valence-corrected chi connectivity index (χ1v) is 6.07. The average Bonchev–Trinajstić information content (AvgIpc) is 2.30. The molecule has 2 rings (SSSR count). The molecule has 0 fully saturated rings. The zero-order valence-corrected chi connectivity index (χ0v) is 10.1. The number of nitrogens with zero attached hydrogens (tertiary/aromatic N) is 2. The Hall–Kier alpha value is -1.15. The smallest absolute Gasteiger partial charge is 0.116 e. The van der Waals surface area contributed by atoms with Gasteiger partial charge in [0.05, 0.1) is 11.2 Å². The van der Waals surface area contributed by atoms with E-state index in [0.29, 0.717) is 0 Å². The lowest BCUT2D eigenvalue weighted by Gasteiger charge is -2.09. The van der Waals surface area contributed by atoms with Crippen LogP contribution in [-0.4, -0.2) is 15.3 Å². The molecule has 0 amide bonds. The van der Waals surface area contributed by atoms with E-state index < -0.39 is 0 Å². The van der Waals surface area contributed by atoms with Gasteiger partial charge >= 0.3 is 0 Å². The molecule has 3 heteroatoms. The first kappa shape index (κ1) is 11.3. The number of rotatable bonds is 4. The molecule has 0 radical (unpaired) electrons. The molecular formula is C13H15ClN2. The monoisotopic (exact) mass is 234 g/mol. The minimum Gasteiger partial charge on any atom is -0.241 e. The summed E-state index contributed by atoms with van der Waals surface area (Å²) in [5.74, 6) is 0. The van der Waals surface area contributed by atoms with Crippen LogP contribution in [0, 0.1) is 0 Å². The minimum absolute atomic E-state index is 0.170. The average molecular weight is 235 g/mol. The van der Waals surface area contributed by atoms with Crippen molar-refractivity contribution in [2.45, 2.75) is 31.6 Å². The molecule has 84 valence electrons. The van der Waals surface area contributed by atoms with Gasteiger partial charge in [0.25, 0.3) is 0 Å². The molecule has 1 unspecified atom stereocenters. The maximum Gasteiger partial charge on any atom is 0.116 e. The highest BCUT2D eigenvalue weighted by Crippen LogP contribution is 2.18. The summed E-state index contributed by atoms with van der Waals surface area (Å²) < 4.78 is 0. The Kier molecular flexibility index (Phi) is 3.73. The highest BCUT2D eigenvalue weighted by atomic mass is 35.5. The summed E-state index contributed by atoms with van der Waals surface area (Å²) in [4.78, 5) is 8.57. The molecule has 0 N–H and O–H groups in total. The lowest BCUT2D eigenvalue weighted by molar-refractivity contribution is 0.718. The van der Waals surface area contributed by atoms with Gasteiger partial charge < -0.3 is 0 Å². The van der Waals surface area contributed by atoms with Gasteiger partial charge in [-0.2, -0.15) is 0 Å². The Labute approximate surface area is 101 Å². The maximum absolute atomic E-state index is 6.26. The third-order valence-corrected chi connectivity index (χ3v) is 3.01. The fraction of sp³-hybridized carbons (Fsp3) is 0.385. The van der Waals surface area contributed by atoms with Crippen molar-refractivity contribution < 1.29 is 0 Å². The second-order valence-corrected chi connectivity index (χ2v) is 4.54. The zero-order valence-electron chi connectivity index (χ0n) is 9.36. The van der Waals surface area contributed by atoms with Gasteiger partial charge in [-0.3, -0.25) is 0 Å². The molecule has 1 aromatic heterocycles. The number of fused-ring (bicyclic) bond motifs is 1. The number of para-hydroxylation sites is 1. The van der Waals surface area contributed by atoms with Crippen molar-refractivity contribution in [2.24, 2.45) is 0 Å². The van der Waals surface area contributed by atoms with Gasteiger partial charge in [-0.25, -0.2) is 9.97 Å².